The van der Waals surface area contributed by atoms with E-state index in [1.54, 1.807) is 0 Å². The highest BCUT2D eigenvalue weighted by Gasteiger charge is 2.26. The summed E-state index contributed by atoms with van der Waals surface area (Å²) in [6, 6.07) is 0. The fourth-order valence-corrected chi connectivity index (χ4v) is 2.86. The molecule has 0 aromatic carbocycles. The van der Waals surface area contributed by atoms with E-state index in [9.17, 15) is 0 Å². The predicted molar refractivity (Wildman–Crippen MR) is 83.0 cm³/mol. The largest absolute Gasteiger partial charge is 0.122 e. The smallest absolute Gasteiger partial charge is 0.0514 e. The van der Waals surface area contributed by atoms with E-state index in [1.807, 2.05) is 13.8 Å². The molecular weight excluding hydrogens is 348 g/mol. The van der Waals surface area contributed by atoms with Crippen LogP contribution in [-0.2, 0) is 0 Å². The minimum absolute atomic E-state index is 0.0828. The minimum Gasteiger partial charge on any atom is -0.122 e. The number of rotatable bonds is 8. The van der Waals surface area contributed by atoms with Crippen LogP contribution in [0.4, 0.5) is 0 Å². The molecule has 6 heteroatoms. The highest BCUT2D eigenvalue weighted by molar-refractivity contribution is 6.33. The van der Waals surface area contributed by atoms with Crippen molar-refractivity contribution in [3.63, 3.8) is 0 Å². The maximum atomic E-state index is 6.20. The van der Waals surface area contributed by atoms with Crippen LogP contribution in [0.25, 0.3) is 0 Å². The summed E-state index contributed by atoms with van der Waals surface area (Å²) in [4.78, 5) is 0. The molecule has 0 aliphatic carbocycles. The molecule has 0 aliphatic heterocycles. The van der Waals surface area contributed by atoms with E-state index < -0.39 is 0 Å². The molecule has 0 fully saturated rings. The fourth-order valence-electron chi connectivity index (χ4n) is 1.32. The molecule has 0 N–H and O–H groups in total. The first-order chi connectivity index (χ1) is 7.79. The van der Waals surface area contributed by atoms with Crippen molar-refractivity contribution in [1.82, 2.24) is 0 Å². The Hall–Kier alpha value is 1.74. The van der Waals surface area contributed by atoms with Gasteiger partial charge < -0.3 is 0 Å². The summed E-state index contributed by atoms with van der Waals surface area (Å²) in [5.74, 6) is 0. The summed E-state index contributed by atoms with van der Waals surface area (Å²) >= 11 is 36.5. The van der Waals surface area contributed by atoms with Crippen LogP contribution in [-0.4, -0.2) is 32.3 Å². The molecule has 0 bridgehead atoms. The monoisotopic (exact) mass is 363 g/mol. The van der Waals surface area contributed by atoms with Crippen LogP contribution in [0.1, 0.15) is 33.1 Å². The topological polar surface area (TPSA) is 0 Å². The third-order valence-electron chi connectivity index (χ3n) is 2.57. The Balaban J connectivity index is 4.08. The van der Waals surface area contributed by atoms with E-state index in [0.717, 1.165) is 6.42 Å². The lowest BCUT2D eigenvalue weighted by atomic mass is 10.1. The third-order valence-corrected chi connectivity index (χ3v) is 5.88. The quantitative estimate of drug-likeness (QED) is 0.374. The Kier molecular flexibility index (Phi) is 10.6. The van der Waals surface area contributed by atoms with Gasteiger partial charge in [-0.2, -0.15) is 0 Å². The standard InChI is InChI=1S/C11H18Cl6/c1-3-7(13)9(15)5-11(17)10(16)4-8(14)6(2)12/h6-11H,3-5H2,1-2H3/i1+1,3+1,7+1. The van der Waals surface area contributed by atoms with Crippen molar-refractivity contribution >= 4 is 69.6 Å². The van der Waals surface area contributed by atoms with E-state index in [4.69, 9.17) is 69.6 Å². The van der Waals surface area contributed by atoms with E-state index in [-0.39, 0.29) is 32.3 Å². The van der Waals surface area contributed by atoms with Gasteiger partial charge in [0.15, 0.2) is 0 Å². The zero-order valence-electron chi connectivity index (χ0n) is 9.85. The Morgan fingerprint density at radius 2 is 1.00 bits per heavy atom. The van der Waals surface area contributed by atoms with Gasteiger partial charge in [-0.25, -0.2) is 0 Å². The normalized spacial score (nSPS) is 22.6. The van der Waals surface area contributed by atoms with Crippen molar-refractivity contribution in [2.75, 3.05) is 0 Å². The van der Waals surface area contributed by atoms with Gasteiger partial charge >= 0.3 is 0 Å². The van der Waals surface area contributed by atoms with Crippen molar-refractivity contribution in [3.05, 3.63) is 0 Å². The molecule has 0 radical (unpaired) electrons. The summed E-state index contributed by atoms with van der Waals surface area (Å²) in [5, 5.41) is -1.07. The molecule has 0 aromatic heterocycles. The third kappa shape index (κ3) is 7.80. The van der Waals surface area contributed by atoms with Gasteiger partial charge in [0.05, 0.1) is 21.5 Å². The molecule has 6 unspecified atom stereocenters. The van der Waals surface area contributed by atoms with Gasteiger partial charge in [-0.05, 0) is 26.2 Å². The van der Waals surface area contributed by atoms with Crippen LogP contribution in [0.3, 0.4) is 0 Å². The van der Waals surface area contributed by atoms with Crippen molar-refractivity contribution < 1.29 is 0 Å². The first-order valence-corrected chi connectivity index (χ1v) is 8.25. The first kappa shape index (κ1) is 18.7. The summed E-state index contributed by atoms with van der Waals surface area (Å²) in [6.07, 6.45) is 1.94. The highest BCUT2D eigenvalue weighted by Crippen LogP contribution is 2.28. The van der Waals surface area contributed by atoms with Gasteiger partial charge in [0.25, 0.3) is 0 Å². The van der Waals surface area contributed by atoms with Crippen molar-refractivity contribution in [2.45, 2.75) is 65.4 Å². The molecule has 0 saturated heterocycles. The zero-order valence-corrected chi connectivity index (χ0v) is 14.4. The SMILES string of the molecule is CC(Cl)C(Cl)CC(Cl)C(Cl)CC(Cl)[13CH](Cl)[13CH2][13CH3]. The molecule has 0 amide bonds. The van der Waals surface area contributed by atoms with E-state index in [2.05, 4.69) is 0 Å². The molecule has 6 atom stereocenters. The molecule has 0 rings (SSSR count). The second-order valence-corrected chi connectivity index (χ2v) is 7.63. The average Bonchev–Trinajstić information content (AvgIpc) is 2.27. The molecule has 104 valence electrons. The van der Waals surface area contributed by atoms with Crippen LogP contribution >= 0.6 is 69.6 Å². The molecule has 0 nitrogen and oxygen atoms in total. The van der Waals surface area contributed by atoms with Crippen LogP contribution in [0.5, 0.6) is 0 Å². The highest BCUT2D eigenvalue weighted by atomic mass is 35.5. The van der Waals surface area contributed by atoms with Gasteiger partial charge in [-0.1, -0.05) is 6.92 Å². The van der Waals surface area contributed by atoms with Gasteiger partial charge in [-0.15, -0.1) is 69.6 Å². The van der Waals surface area contributed by atoms with Crippen LogP contribution < -0.4 is 0 Å². The Labute approximate surface area is 134 Å². The fraction of sp³-hybridized carbons (Fsp3) is 1.00. The van der Waals surface area contributed by atoms with Crippen molar-refractivity contribution in [3.8, 4) is 0 Å². The van der Waals surface area contributed by atoms with Crippen molar-refractivity contribution in [1.29, 1.82) is 0 Å². The number of hydrogen-bond acceptors (Lipinski definition) is 0. The van der Waals surface area contributed by atoms with Gasteiger partial charge in [-0.3, -0.25) is 0 Å². The van der Waals surface area contributed by atoms with E-state index in [1.165, 1.54) is 0 Å². The maximum absolute atomic E-state index is 6.20. The maximum Gasteiger partial charge on any atom is 0.0514 e. The second-order valence-electron chi connectivity index (χ2n) is 4.14. The second kappa shape index (κ2) is 9.61. The number of hydrogen-bond donors (Lipinski definition) is 0. The van der Waals surface area contributed by atoms with E-state index >= 15 is 0 Å². The zero-order chi connectivity index (χ0) is 13.6. The Morgan fingerprint density at radius 3 is 1.35 bits per heavy atom. The van der Waals surface area contributed by atoms with Crippen molar-refractivity contribution in [2.24, 2.45) is 0 Å². The van der Waals surface area contributed by atoms with Crippen LogP contribution in [0.2, 0.25) is 0 Å². The lowest BCUT2D eigenvalue weighted by Gasteiger charge is -2.23. The lowest BCUT2D eigenvalue weighted by Crippen LogP contribution is -2.27. The average molecular weight is 366 g/mol. The summed E-state index contributed by atoms with van der Waals surface area (Å²) in [6.45, 7) is 3.82. The summed E-state index contributed by atoms with van der Waals surface area (Å²) in [5.41, 5.74) is 0. The molecule has 0 saturated carbocycles. The number of halogens is 6. The van der Waals surface area contributed by atoms with E-state index in [0.29, 0.717) is 12.8 Å². The molecule has 17 heavy (non-hydrogen) atoms. The van der Waals surface area contributed by atoms with Crippen LogP contribution in [0, 0.1) is 0 Å². The summed E-state index contributed by atoms with van der Waals surface area (Å²) in [7, 11) is 0. The van der Waals surface area contributed by atoms with Gasteiger partial charge in [0.2, 0.25) is 0 Å². The Morgan fingerprint density at radius 1 is 0.647 bits per heavy atom. The molecule has 0 aliphatic rings. The Bertz CT molecular complexity index is 198. The molecular formula is C11H18Cl6. The van der Waals surface area contributed by atoms with Gasteiger partial charge in [0.1, 0.15) is 0 Å². The summed E-state index contributed by atoms with van der Waals surface area (Å²) < 4.78 is 0. The first-order valence-electron chi connectivity index (χ1n) is 5.64. The minimum atomic E-state index is -0.248. The van der Waals surface area contributed by atoms with Crippen LogP contribution in [0.15, 0.2) is 0 Å². The molecule has 0 spiro atoms. The molecule has 0 aromatic rings. The predicted octanol–water partition coefficient (Wildman–Crippen LogP) is 5.84. The molecule has 0 heterocycles. The lowest BCUT2D eigenvalue weighted by molar-refractivity contribution is 0.597. The number of alkyl halides is 6. The van der Waals surface area contributed by atoms with Gasteiger partial charge in [0, 0.05) is 10.8 Å².